The second-order valence-corrected chi connectivity index (χ2v) is 9.70. The molecule has 182 valence electrons. The van der Waals surface area contributed by atoms with Crippen LogP contribution in [0.5, 0.6) is 5.75 Å². The molecule has 0 aliphatic heterocycles. The molecule has 0 aliphatic carbocycles. The van der Waals surface area contributed by atoms with E-state index in [9.17, 15) is 4.79 Å². The number of halogens is 1. The van der Waals surface area contributed by atoms with Crippen LogP contribution in [0.15, 0.2) is 60.7 Å². The van der Waals surface area contributed by atoms with Crippen molar-refractivity contribution in [3.63, 3.8) is 0 Å². The minimum Gasteiger partial charge on any atom is -0.494 e. The van der Waals surface area contributed by atoms with E-state index in [1.165, 1.54) is 5.56 Å². The summed E-state index contributed by atoms with van der Waals surface area (Å²) in [5, 5.41) is 4.87. The van der Waals surface area contributed by atoms with Crippen molar-refractivity contribution in [2.45, 2.75) is 53.6 Å². The second-order valence-electron chi connectivity index (χ2n) is 9.30. The fraction of sp³-hybridized carbons (Fsp3) is 0.300. The predicted octanol–water partition coefficient (Wildman–Crippen LogP) is 7.41. The molecule has 0 atom stereocenters. The van der Waals surface area contributed by atoms with E-state index in [2.05, 4.69) is 55.8 Å². The number of nitrogens with zero attached hydrogens (tertiary/aromatic N) is 1. The normalized spacial score (nSPS) is 11.3. The minimum absolute atomic E-state index is 0.0703. The SMILES string of the molecule is CCOc1ccc(Cl)c(Cn2c(C)c(C)c3cc(C(=O)NCc4cccc(C(C)C)c4)ccc32)c1. The van der Waals surface area contributed by atoms with Gasteiger partial charge in [0.1, 0.15) is 5.75 Å². The Balaban J connectivity index is 1.57. The van der Waals surface area contributed by atoms with Crippen LogP contribution >= 0.6 is 11.6 Å². The van der Waals surface area contributed by atoms with E-state index in [4.69, 9.17) is 16.3 Å². The maximum absolute atomic E-state index is 13.0. The Morgan fingerprint density at radius 2 is 1.86 bits per heavy atom. The highest BCUT2D eigenvalue weighted by atomic mass is 35.5. The lowest BCUT2D eigenvalue weighted by Crippen LogP contribution is -2.22. The zero-order valence-electron chi connectivity index (χ0n) is 21.1. The van der Waals surface area contributed by atoms with Crippen LogP contribution in [0.1, 0.15) is 65.0 Å². The molecule has 4 nitrogen and oxygen atoms in total. The first-order valence-corrected chi connectivity index (χ1v) is 12.5. The van der Waals surface area contributed by atoms with Crippen LogP contribution in [-0.4, -0.2) is 17.1 Å². The summed E-state index contributed by atoms with van der Waals surface area (Å²) in [4.78, 5) is 13.0. The molecule has 4 rings (SSSR count). The molecule has 0 unspecified atom stereocenters. The molecular weight excluding hydrogens is 456 g/mol. The molecule has 0 bridgehead atoms. The van der Waals surface area contributed by atoms with Gasteiger partial charge < -0.3 is 14.6 Å². The maximum atomic E-state index is 13.0. The Kier molecular flexibility index (Phi) is 7.51. The number of ether oxygens (including phenoxy) is 1. The van der Waals surface area contributed by atoms with E-state index >= 15 is 0 Å². The van der Waals surface area contributed by atoms with E-state index in [-0.39, 0.29) is 5.91 Å². The Hall–Kier alpha value is -3.24. The van der Waals surface area contributed by atoms with Crippen LogP contribution in [0.3, 0.4) is 0 Å². The molecule has 3 aromatic carbocycles. The number of benzene rings is 3. The third-order valence-corrected chi connectivity index (χ3v) is 7.00. The number of rotatable bonds is 8. The van der Waals surface area contributed by atoms with E-state index in [1.807, 2.05) is 49.4 Å². The third-order valence-electron chi connectivity index (χ3n) is 6.63. The molecule has 4 aromatic rings. The number of aromatic nitrogens is 1. The molecule has 35 heavy (non-hydrogen) atoms. The summed E-state index contributed by atoms with van der Waals surface area (Å²) < 4.78 is 7.92. The standard InChI is InChI=1S/C30H33ClN2O2/c1-6-35-26-11-12-28(31)25(15-26)18-33-21(5)20(4)27-16-24(10-13-29(27)33)30(34)32-17-22-8-7-9-23(14-22)19(2)3/h7-16,19H,6,17-18H2,1-5H3,(H,32,34). The van der Waals surface area contributed by atoms with Crippen LogP contribution in [0, 0.1) is 13.8 Å². The van der Waals surface area contributed by atoms with Crippen molar-refractivity contribution in [2.75, 3.05) is 6.61 Å². The number of hydrogen-bond donors (Lipinski definition) is 1. The quantitative estimate of drug-likeness (QED) is 0.280. The Morgan fingerprint density at radius 1 is 1.06 bits per heavy atom. The van der Waals surface area contributed by atoms with E-state index in [0.717, 1.165) is 39.0 Å². The number of carbonyl (C=O) groups excluding carboxylic acids is 1. The van der Waals surface area contributed by atoms with Gasteiger partial charge in [-0.3, -0.25) is 4.79 Å². The van der Waals surface area contributed by atoms with E-state index in [0.29, 0.717) is 36.2 Å². The lowest BCUT2D eigenvalue weighted by molar-refractivity contribution is 0.0951. The molecule has 0 aliphatic rings. The van der Waals surface area contributed by atoms with Crippen LogP contribution in [0.25, 0.3) is 10.9 Å². The first kappa shape index (κ1) is 24.9. The van der Waals surface area contributed by atoms with Crippen molar-refractivity contribution in [2.24, 2.45) is 0 Å². The highest BCUT2D eigenvalue weighted by Crippen LogP contribution is 2.30. The average molecular weight is 489 g/mol. The summed E-state index contributed by atoms with van der Waals surface area (Å²) in [6.07, 6.45) is 0. The topological polar surface area (TPSA) is 43.3 Å². The minimum atomic E-state index is -0.0703. The molecule has 5 heteroatoms. The van der Waals surface area contributed by atoms with Crippen molar-refractivity contribution in [3.8, 4) is 5.75 Å². The fourth-order valence-electron chi connectivity index (χ4n) is 4.44. The van der Waals surface area contributed by atoms with Crippen molar-refractivity contribution >= 4 is 28.4 Å². The zero-order chi connectivity index (χ0) is 25.1. The summed E-state index contributed by atoms with van der Waals surface area (Å²) in [6, 6.07) is 20.1. The van der Waals surface area contributed by atoms with Gasteiger partial charge in [-0.05, 0) is 85.3 Å². The number of aryl methyl sites for hydroxylation is 1. The van der Waals surface area contributed by atoms with Gasteiger partial charge in [-0.15, -0.1) is 0 Å². The number of hydrogen-bond acceptors (Lipinski definition) is 2. The van der Waals surface area contributed by atoms with Gasteiger partial charge in [0.15, 0.2) is 0 Å². The molecule has 1 heterocycles. The van der Waals surface area contributed by atoms with E-state index in [1.54, 1.807) is 0 Å². The lowest BCUT2D eigenvalue weighted by atomic mass is 10.0. The van der Waals surface area contributed by atoms with Crippen LogP contribution in [-0.2, 0) is 13.1 Å². The largest absolute Gasteiger partial charge is 0.494 e. The Morgan fingerprint density at radius 3 is 2.60 bits per heavy atom. The molecule has 1 aromatic heterocycles. The summed E-state index contributed by atoms with van der Waals surface area (Å²) in [5.41, 5.74) is 7.45. The van der Waals surface area contributed by atoms with Crippen LogP contribution < -0.4 is 10.1 Å². The van der Waals surface area contributed by atoms with Crippen molar-refractivity contribution in [1.29, 1.82) is 0 Å². The van der Waals surface area contributed by atoms with Crippen LogP contribution in [0.2, 0.25) is 5.02 Å². The molecule has 0 fully saturated rings. The maximum Gasteiger partial charge on any atom is 0.251 e. The first-order valence-electron chi connectivity index (χ1n) is 12.2. The van der Waals surface area contributed by atoms with Gasteiger partial charge in [0.2, 0.25) is 0 Å². The Labute approximate surface area is 212 Å². The average Bonchev–Trinajstić information content (AvgIpc) is 3.09. The summed E-state index contributed by atoms with van der Waals surface area (Å²) in [6.45, 7) is 12.3. The number of carbonyl (C=O) groups is 1. The number of amides is 1. The van der Waals surface area contributed by atoms with Gasteiger partial charge in [0.25, 0.3) is 5.91 Å². The van der Waals surface area contributed by atoms with Crippen molar-refractivity contribution < 1.29 is 9.53 Å². The number of nitrogens with one attached hydrogen (secondary N) is 1. The molecule has 0 spiro atoms. The Bertz CT molecular complexity index is 1370. The lowest BCUT2D eigenvalue weighted by Gasteiger charge is -2.13. The molecule has 0 saturated carbocycles. The highest BCUT2D eigenvalue weighted by molar-refractivity contribution is 6.31. The predicted molar refractivity (Wildman–Crippen MR) is 145 cm³/mol. The highest BCUT2D eigenvalue weighted by Gasteiger charge is 2.16. The first-order chi connectivity index (χ1) is 16.8. The molecule has 1 N–H and O–H groups in total. The van der Waals surface area contributed by atoms with E-state index < -0.39 is 0 Å². The molecule has 0 saturated heterocycles. The van der Waals surface area contributed by atoms with Gasteiger partial charge in [0, 0.05) is 40.3 Å². The summed E-state index contributed by atoms with van der Waals surface area (Å²) in [7, 11) is 0. The summed E-state index contributed by atoms with van der Waals surface area (Å²) in [5.74, 6) is 1.20. The molecular formula is C30H33ClN2O2. The summed E-state index contributed by atoms with van der Waals surface area (Å²) >= 11 is 6.51. The second kappa shape index (κ2) is 10.6. The zero-order valence-corrected chi connectivity index (χ0v) is 21.9. The smallest absolute Gasteiger partial charge is 0.251 e. The third kappa shape index (κ3) is 5.38. The monoisotopic (exact) mass is 488 g/mol. The van der Waals surface area contributed by atoms with Gasteiger partial charge in [-0.2, -0.15) is 0 Å². The van der Waals surface area contributed by atoms with Gasteiger partial charge in [-0.25, -0.2) is 0 Å². The van der Waals surface area contributed by atoms with Gasteiger partial charge in [0.05, 0.1) is 6.61 Å². The fourth-order valence-corrected chi connectivity index (χ4v) is 4.62. The van der Waals surface area contributed by atoms with Gasteiger partial charge >= 0.3 is 0 Å². The number of fused-ring (bicyclic) bond motifs is 1. The van der Waals surface area contributed by atoms with Crippen molar-refractivity contribution in [3.05, 3.63) is 99.2 Å². The molecule has 1 amide bonds. The van der Waals surface area contributed by atoms with Crippen molar-refractivity contribution in [1.82, 2.24) is 9.88 Å². The van der Waals surface area contributed by atoms with Gasteiger partial charge in [-0.1, -0.05) is 49.7 Å². The molecule has 0 radical (unpaired) electrons. The van der Waals surface area contributed by atoms with Crippen LogP contribution in [0.4, 0.5) is 0 Å².